The molecule has 0 radical (unpaired) electrons. The van der Waals surface area contributed by atoms with E-state index >= 15 is 0 Å². The number of nitrogens with zero attached hydrogens (tertiary/aromatic N) is 2. The molecular weight excluding hydrogens is 397 g/mol. The third kappa shape index (κ3) is 3.92. The second-order valence-electron chi connectivity index (χ2n) is 7.16. The fourth-order valence-electron chi connectivity index (χ4n) is 3.76. The lowest BCUT2D eigenvalue weighted by atomic mass is 9.99. The quantitative estimate of drug-likeness (QED) is 0.552. The summed E-state index contributed by atoms with van der Waals surface area (Å²) in [5, 5.41) is 0. The summed E-state index contributed by atoms with van der Waals surface area (Å²) in [4.78, 5) is 16.8. The SMILES string of the molecule is CCOC(=O)c1cccc(-n2c(C3CCOCC3)nc3cc(C(F)(F)F)ccc32)c1. The first-order chi connectivity index (χ1) is 14.4. The standard InChI is InChI=1S/C22H21F3N2O3/c1-2-30-21(28)15-4-3-5-17(12-15)27-19-7-6-16(22(23,24)25)13-18(19)26-20(27)14-8-10-29-11-9-14/h3-7,12-14H,2,8-11H2,1H3. The van der Waals surface area contributed by atoms with E-state index < -0.39 is 17.7 Å². The van der Waals surface area contributed by atoms with E-state index in [1.807, 2.05) is 10.6 Å². The van der Waals surface area contributed by atoms with E-state index in [0.717, 1.165) is 25.0 Å². The fraction of sp³-hybridized carbons (Fsp3) is 0.364. The van der Waals surface area contributed by atoms with Gasteiger partial charge in [-0.15, -0.1) is 0 Å². The van der Waals surface area contributed by atoms with Crippen LogP contribution in [0.4, 0.5) is 13.2 Å². The summed E-state index contributed by atoms with van der Waals surface area (Å²) in [5.74, 6) is 0.274. The topological polar surface area (TPSA) is 53.4 Å². The van der Waals surface area contributed by atoms with Crippen molar-refractivity contribution in [2.75, 3.05) is 19.8 Å². The molecule has 1 saturated heterocycles. The highest BCUT2D eigenvalue weighted by Crippen LogP contribution is 2.35. The third-order valence-corrected chi connectivity index (χ3v) is 5.21. The zero-order chi connectivity index (χ0) is 21.3. The molecule has 5 nitrogen and oxygen atoms in total. The number of alkyl halides is 3. The lowest BCUT2D eigenvalue weighted by molar-refractivity contribution is -0.137. The lowest BCUT2D eigenvalue weighted by Crippen LogP contribution is -2.17. The van der Waals surface area contributed by atoms with Crippen LogP contribution in [0.5, 0.6) is 0 Å². The van der Waals surface area contributed by atoms with Crippen LogP contribution in [0.1, 0.15) is 47.4 Å². The highest BCUT2D eigenvalue weighted by Gasteiger charge is 2.32. The molecule has 0 atom stereocenters. The molecule has 0 amide bonds. The maximum absolute atomic E-state index is 13.2. The monoisotopic (exact) mass is 418 g/mol. The van der Waals surface area contributed by atoms with Crippen molar-refractivity contribution < 1.29 is 27.4 Å². The van der Waals surface area contributed by atoms with E-state index in [9.17, 15) is 18.0 Å². The van der Waals surface area contributed by atoms with Crippen molar-refractivity contribution in [3.63, 3.8) is 0 Å². The van der Waals surface area contributed by atoms with Gasteiger partial charge in [0.05, 0.1) is 28.8 Å². The minimum atomic E-state index is -4.44. The van der Waals surface area contributed by atoms with Crippen LogP contribution in [0.15, 0.2) is 42.5 Å². The smallest absolute Gasteiger partial charge is 0.416 e. The van der Waals surface area contributed by atoms with Gasteiger partial charge in [0.2, 0.25) is 0 Å². The Labute approximate surface area is 171 Å². The maximum atomic E-state index is 13.2. The molecule has 4 rings (SSSR count). The van der Waals surface area contributed by atoms with Crippen LogP contribution in [0.2, 0.25) is 0 Å². The lowest BCUT2D eigenvalue weighted by Gasteiger charge is -2.23. The van der Waals surface area contributed by atoms with Crippen LogP contribution in [0.25, 0.3) is 16.7 Å². The van der Waals surface area contributed by atoms with Gasteiger partial charge in [-0.25, -0.2) is 9.78 Å². The van der Waals surface area contributed by atoms with Gasteiger partial charge in [0, 0.05) is 24.8 Å². The van der Waals surface area contributed by atoms with Crippen LogP contribution < -0.4 is 0 Å². The first-order valence-corrected chi connectivity index (χ1v) is 9.83. The van der Waals surface area contributed by atoms with Crippen LogP contribution in [0, 0.1) is 0 Å². The van der Waals surface area contributed by atoms with Gasteiger partial charge >= 0.3 is 12.1 Å². The fourth-order valence-corrected chi connectivity index (χ4v) is 3.76. The third-order valence-electron chi connectivity index (χ3n) is 5.21. The number of ether oxygens (including phenoxy) is 2. The molecule has 8 heteroatoms. The zero-order valence-electron chi connectivity index (χ0n) is 16.4. The van der Waals surface area contributed by atoms with Crippen molar-refractivity contribution in [2.24, 2.45) is 0 Å². The molecule has 0 bridgehead atoms. The Morgan fingerprint density at radius 2 is 1.97 bits per heavy atom. The molecule has 0 spiro atoms. The summed E-state index contributed by atoms with van der Waals surface area (Å²) >= 11 is 0. The number of esters is 1. The van der Waals surface area contributed by atoms with Crippen molar-refractivity contribution in [1.29, 1.82) is 0 Å². The number of imidazole rings is 1. The number of halogens is 3. The second kappa shape index (κ2) is 8.10. The van der Waals surface area contributed by atoms with Gasteiger partial charge in [0.1, 0.15) is 5.82 Å². The molecule has 0 N–H and O–H groups in total. The molecule has 1 aromatic heterocycles. The molecule has 1 aliphatic heterocycles. The minimum Gasteiger partial charge on any atom is -0.462 e. The molecule has 158 valence electrons. The number of rotatable bonds is 4. The summed E-state index contributed by atoms with van der Waals surface area (Å²) in [6.45, 7) is 3.13. The van der Waals surface area contributed by atoms with Gasteiger partial charge in [-0.1, -0.05) is 6.07 Å². The number of aromatic nitrogens is 2. The van der Waals surface area contributed by atoms with E-state index in [-0.39, 0.29) is 18.0 Å². The molecule has 1 aliphatic rings. The van der Waals surface area contributed by atoms with E-state index in [1.54, 1.807) is 25.1 Å². The zero-order valence-corrected chi connectivity index (χ0v) is 16.4. The summed E-state index contributed by atoms with van der Waals surface area (Å²) in [7, 11) is 0. The van der Waals surface area contributed by atoms with Gasteiger partial charge < -0.3 is 9.47 Å². The Morgan fingerprint density at radius 1 is 1.20 bits per heavy atom. The number of benzene rings is 2. The number of fused-ring (bicyclic) bond motifs is 1. The second-order valence-corrected chi connectivity index (χ2v) is 7.16. The van der Waals surface area contributed by atoms with Crippen molar-refractivity contribution in [2.45, 2.75) is 31.9 Å². The summed E-state index contributed by atoms with van der Waals surface area (Å²) in [6.07, 6.45) is -2.99. The Kier molecular flexibility index (Phi) is 5.51. The predicted octanol–water partition coefficient (Wildman–Crippen LogP) is 5.12. The number of hydrogen-bond donors (Lipinski definition) is 0. The molecular formula is C22H21F3N2O3. The first kappa shape index (κ1) is 20.4. The Hall–Kier alpha value is -2.87. The summed E-state index contributed by atoms with van der Waals surface area (Å²) in [5.41, 5.74) is 1.13. The van der Waals surface area contributed by atoms with Crippen LogP contribution in [0.3, 0.4) is 0 Å². The van der Waals surface area contributed by atoms with Crippen molar-refractivity contribution >= 4 is 17.0 Å². The van der Waals surface area contributed by atoms with E-state index in [4.69, 9.17) is 9.47 Å². The number of carbonyl (C=O) groups is 1. The molecule has 2 aromatic carbocycles. The summed E-state index contributed by atoms with van der Waals surface area (Å²) in [6, 6.07) is 10.4. The highest BCUT2D eigenvalue weighted by atomic mass is 19.4. The van der Waals surface area contributed by atoms with Crippen LogP contribution >= 0.6 is 0 Å². The van der Waals surface area contributed by atoms with Gasteiger partial charge in [-0.3, -0.25) is 4.57 Å². The first-order valence-electron chi connectivity index (χ1n) is 9.83. The molecule has 0 aliphatic carbocycles. The number of carbonyl (C=O) groups excluding carboxylic acids is 1. The highest BCUT2D eigenvalue weighted by molar-refractivity contribution is 5.90. The van der Waals surface area contributed by atoms with Crippen molar-refractivity contribution in [3.8, 4) is 5.69 Å². The van der Waals surface area contributed by atoms with Crippen LogP contribution in [-0.2, 0) is 15.7 Å². The number of hydrogen-bond acceptors (Lipinski definition) is 4. The van der Waals surface area contributed by atoms with Gasteiger partial charge in [-0.05, 0) is 56.2 Å². The maximum Gasteiger partial charge on any atom is 0.416 e. The van der Waals surface area contributed by atoms with Crippen molar-refractivity contribution in [1.82, 2.24) is 9.55 Å². The van der Waals surface area contributed by atoms with Gasteiger partial charge in [0.15, 0.2) is 0 Å². The van der Waals surface area contributed by atoms with Crippen molar-refractivity contribution in [3.05, 3.63) is 59.4 Å². The Bertz CT molecular complexity index is 1070. The minimum absolute atomic E-state index is 0.0479. The molecule has 2 heterocycles. The van der Waals surface area contributed by atoms with Gasteiger partial charge in [0.25, 0.3) is 0 Å². The Balaban J connectivity index is 1.88. The van der Waals surface area contributed by atoms with E-state index in [1.165, 1.54) is 6.07 Å². The molecule has 3 aromatic rings. The van der Waals surface area contributed by atoms with Crippen LogP contribution in [-0.4, -0.2) is 35.3 Å². The molecule has 0 unspecified atom stereocenters. The molecule has 30 heavy (non-hydrogen) atoms. The predicted molar refractivity (Wildman–Crippen MR) is 105 cm³/mol. The largest absolute Gasteiger partial charge is 0.462 e. The Morgan fingerprint density at radius 3 is 2.67 bits per heavy atom. The summed E-state index contributed by atoms with van der Waals surface area (Å²) < 4.78 is 52.0. The molecule has 1 fully saturated rings. The van der Waals surface area contributed by atoms with E-state index in [2.05, 4.69) is 4.98 Å². The van der Waals surface area contributed by atoms with Gasteiger partial charge in [-0.2, -0.15) is 13.2 Å². The van der Waals surface area contributed by atoms with E-state index in [0.29, 0.717) is 35.8 Å². The average molecular weight is 418 g/mol. The molecule has 0 saturated carbocycles. The average Bonchev–Trinajstić information content (AvgIpc) is 3.13. The normalized spacial score (nSPS) is 15.5.